The second-order valence-electron chi connectivity index (χ2n) is 4.12. The van der Waals surface area contributed by atoms with Crippen LogP contribution in [0.2, 0.25) is 0 Å². The van der Waals surface area contributed by atoms with Crippen molar-refractivity contribution in [3.8, 4) is 0 Å². The number of hydrogen-bond donors (Lipinski definition) is 2. The molecule has 1 heterocycles. The van der Waals surface area contributed by atoms with Crippen molar-refractivity contribution in [1.82, 2.24) is 5.32 Å². The minimum atomic E-state index is 0.324. The zero-order valence-electron chi connectivity index (χ0n) is 8.58. The normalized spacial score (nSPS) is 26.0. The van der Waals surface area contributed by atoms with Crippen LogP contribution in [0.5, 0.6) is 0 Å². The molecule has 0 saturated heterocycles. The highest BCUT2D eigenvalue weighted by Crippen LogP contribution is 2.26. The summed E-state index contributed by atoms with van der Waals surface area (Å²) in [5.74, 6) is 0.465. The first-order valence-electron chi connectivity index (χ1n) is 5.36. The summed E-state index contributed by atoms with van der Waals surface area (Å²) < 4.78 is 1.18. The first-order valence-corrected chi connectivity index (χ1v) is 7.04. The van der Waals surface area contributed by atoms with Crippen molar-refractivity contribution in [2.24, 2.45) is 5.92 Å². The lowest BCUT2D eigenvalue weighted by atomic mass is 10.1. The highest BCUT2D eigenvalue weighted by Gasteiger charge is 2.25. The smallest absolute Gasteiger partial charge is 0.0701 e. The topological polar surface area (TPSA) is 32.3 Å². The lowest BCUT2D eigenvalue weighted by Gasteiger charge is -2.18. The molecule has 2 rings (SSSR count). The molecule has 1 fully saturated rings. The molecule has 0 radical (unpaired) electrons. The maximum absolute atomic E-state index is 9.19. The summed E-state index contributed by atoms with van der Waals surface area (Å²) in [6.07, 6.45) is 3.62. The van der Waals surface area contributed by atoms with E-state index in [1.54, 1.807) is 11.3 Å². The van der Waals surface area contributed by atoms with Crippen LogP contribution in [0.1, 0.15) is 24.8 Å². The van der Waals surface area contributed by atoms with Gasteiger partial charge in [0.25, 0.3) is 0 Å². The predicted molar refractivity (Wildman–Crippen MR) is 67.1 cm³/mol. The Labute approximate surface area is 103 Å². The molecule has 84 valence electrons. The van der Waals surface area contributed by atoms with Gasteiger partial charge in [-0.25, -0.2) is 0 Å². The molecule has 0 aliphatic heterocycles. The summed E-state index contributed by atoms with van der Waals surface area (Å²) in [6, 6.07) is 2.66. The van der Waals surface area contributed by atoms with Crippen LogP contribution in [-0.4, -0.2) is 17.8 Å². The summed E-state index contributed by atoms with van der Waals surface area (Å²) in [5.41, 5.74) is 1.33. The van der Waals surface area contributed by atoms with E-state index in [2.05, 4.69) is 32.7 Å². The van der Waals surface area contributed by atoms with Crippen LogP contribution in [0.4, 0.5) is 0 Å². The van der Waals surface area contributed by atoms with Crippen LogP contribution >= 0.6 is 27.3 Å². The maximum Gasteiger partial charge on any atom is 0.0701 e. The third kappa shape index (κ3) is 3.03. The van der Waals surface area contributed by atoms with Crippen molar-refractivity contribution in [3.63, 3.8) is 0 Å². The molecule has 0 amide bonds. The Morgan fingerprint density at radius 1 is 1.53 bits per heavy atom. The summed E-state index contributed by atoms with van der Waals surface area (Å²) in [5, 5.41) is 14.9. The van der Waals surface area contributed by atoms with E-state index in [1.165, 1.54) is 28.6 Å². The van der Waals surface area contributed by atoms with Crippen molar-refractivity contribution in [2.75, 3.05) is 6.61 Å². The third-order valence-corrected chi connectivity index (χ3v) is 4.64. The van der Waals surface area contributed by atoms with Gasteiger partial charge in [0.1, 0.15) is 0 Å². The van der Waals surface area contributed by atoms with E-state index < -0.39 is 0 Å². The number of aliphatic hydroxyl groups is 1. The van der Waals surface area contributed by atoms with Gasteiger partial charge < -0.3 is 10.4 Å². The monoisotopic (exact) mass is 289 g/mol. The van der Waals surface area contributed by atoms with Gasteiger partial charge in [-0.05, 0) is 51.7 Å². The number of aliphatic hydroxyl groups excluding tert-OH is 1. The highest BCUT2D eigenvalue weighted by molar-refractivity contribution is 9.11. The zero-order chi connectivity index (χ0) is 10.7. The molecule has 0 bridgehead atoms. The summed E-state index contributed by atoms with van der Waals surface area (Å²) >= 11 is 5.18. The van der Waals surface area contributed by atoms with E-state index >= 15 is 0 Å². The van der Waals surface area contributed by atoms with Gasteiger partial charge in [-0.1, -0.05) is 6.42 Å². The van der Waals surface area contributed by atoms with Gasteiger partial charge in [0.2, 0.25) is 0 Å². The lowest BCUT2D eigenvalue weighted by Crippen LogP contribution is -2.33. The quantitative estimate of drug-likeness (QED) is 0.893. The number of thiophene rings is 1. The summed E-state index contributed by atoms with van der Waals surface area (Å²) in [6.45, 7) is 1.24. The van der Waals surface area contributed by atoms with Gasteiger partial charge in [0.05, 0.1) is 3.79 Å². The van der Waals surface area contributed by atoms with Crippen LogP contribution in [-0.2, 0) is 6.54 Å². The molecule has 0 aromatic carbocycles. The molecule has 15 heavy (non-hydrogen) atoms. The Hall–Kier alpha value is 0.100. The number of rotatable bonds is 4. The van der Waals surface area contributed by atoms with E-state index in [4.69, 9.17) is 0 Å². The molecule has 2 N–H and O–H groups in total. The van der Waals surface area contributed by atoms with Crippen LogP contribution in [0.3, 0.4) is 0 Å². The fraction of sp³-hybridized carbons (Fsp3) is 0.636. The van der Waals surface area contributed by atoms with Gasteiger partial charge in [-0.15, -0.1) is 11.3 Å². The predicted octanol–water partition coefficient (Wildman–Crippen LogP) is 2.76. The molecule has 1 aliphatic rings. The Morgan fingerprint density at radius 3 is 3.07 bits per heavy atom. The minimum Gasteiger partial charge on any atom is -0.396 e. The number of hydrogen-bond acceptors (Lipinski definition) is 3. The van der Waals surface area contributed by atoms with Gasteiger partial charge >= 0.3 is 0 Å². The van der Waals surface area contributed by atoms with E-state index in [0.29, 0.717) is 18.6 Å². The Kier molecular flexibility index (Phi) is 4.20. The number of halogens is 1. The lowest BCUT2D eigenvalue weighted by molar-refractivity contribution is 0.205. The SMILES string of the molecule is OCC1CCCC1NCc1csc(Br)c1. The summed E-state index contributed by atoms with van der Waals surface area (Å²) in [4.78, 5) is 0. The van der Waals surface area contributed by atoms with Gasteiger partial charge in [-0.2, -0.15) is 0 Å². The van der Waals surface area contributed by atoms with E-state index in [-0.39, 0.29) is 0 Å². The molecule has 2 nitrogen and oxygen atoms in total. The molecule has 1 saturated carbocycles. The van der Waals surface area contributed by atoms with Crippen LogP contribution in [0.15, 0.2) is 15.2 Å². The first-order chi connectivity index (χ1) is 7.29. The van der Waals surface area contributed by atoms with Gasteiger partial charge in [0.15, 0.2) is 0 Å². The third-order valence-electron chi connectivity index (χ3n) is 3.08. The molecule has 1 aliphatic carbocycles. The van der Waals surface area contributed by atoms with E-state index in [1.807, 2.05) is 0 Å². The average Bonchev–Trinajstić information content (AvgIpc) is 2.83. The van der Waals surface area contributed by atoms with Crippen molar-refractivity contribution < 1.29 is 5.11 Å². The van der Waals surface area contributed by atoms with Crippen LogP contribution < -0.4 is 5.32 Å². The second kappa shape index (κ2) is 5.43. The molecule has 2 atom stereocenters. The number of nitrogens with one attached hydrogen (secondary N) is 1. The van der Waals surface area contributed by atoms with E-state index in [0.717, 1.165) is 6.54 Å². The Bertz CT molecular complexity index is 315. The van der Waals surface area contributed by atoms with Crippen molar-refractivity contribution in [3.05, 3.63) is 20.8 Å². The van der Waals surface area contributed by atoms with Crippen molar-refractivity contribution in [2.45, 2.75) is 31.8 Å². The molecular formula is C11H16BrNOS. The molecule has 1 aromatic rings. The molecule has 0 spiro atoms. The van der Waals surface area contributed by atoms with Crippen molar-refractivity contribution >= 4 is 27.3 Å². The molecule has 4 heteroatoms. The van der Waals surface area contributed by atoms with Crippen molar-refractivity contribution in [1.29, 1.82) is 0 Å². The zero-order valence-corrected chi connectivity index (χ0v) is 11.0. The Morgan fingerprint density at radius 2 is 2.40 bits per heavy atom. The largest absolute Gasteiger partial charge is 0.396 e. The summed E-state index contributed by atoms with van der Waals surface area (Å²) in [7, 11) is 0. The van der Waals surface area contributed by atoms with Crippen LogP contribution in [0.25, 0.3) is 0 Å². The fourth-order valence-corrected chi connectivity index (χ4v) is 3.42. The average molecular weight is 290 g/mol. The molecule has 1 aromatic heterocycles. The van der Waals surface area contributed by atoms with E-state index in [9.17, 15) is 5.11 Å². The first kappa shape index (κ1) is 11.6. The maximum atomic E-state index is 9.19. The fourth-order valence-electron chi connectivity index (χ4n) is 2.21. The second-order valence-corrected chi connectivity index (χ2v) is 6.41. The van der Waals surface area contributed by atoms with Gasteiger partial charge in [-0.3, -0.25) is 0 Å². The molecule has 2 unspecified atom stereocenters. The van der Waals surface area contributed by atoms with Gasteiger partial charge in [0, 0.05) is 19.2 Å². The highest BCUT2D eigenvalue weighted by atomic mass is 79.9. The molecular weight excluding hydrogens is 274 g/mol. The standard InChI is InChI=1S/C11H16BrNOS/c12-11-4-8(7-15-11)5-13-10-3-1-2-9(10)6-14/h4,7,9-10,13-14H,1-3,5-6H2. The minimum absolute atomic E-state index is 0.324. The van der Waals surface area contributed by atoms with Crippen LogP contribution in [0, 0.1) is 5.92 Å². The Balaban J connectivity index is 1.82.